The van der Waals surface area contributed by atoms with Gasteiger partial charge in [0.2, 0.25) is 11.8 Å². The predicted octanol–water partition coefficient (Wildman–Crippen LogP) is 11.7. The van der Waals surface area contributed by atoms with Gasteiger partial charge in [0.05, 0.1) is 10.8 Å². The normalized spacial score (nSPS) is 15.9. The number of nitrogens with two attached hydrogens (primary N) is 1. The second-order valence-electron chi connectivity index (χ2n) is 21.8. The maximum absolute atomic E-state index is 12.4. The zero-order valence-electron chi connectivity index (χ0n) is 46.8. The maximum Gasteiger partial charge on any atom is 0.328 e. The van der Waals surface area contributed by atoms with Gasteiger partial charge in [-0.15, -0.1) is 0 Å². The number of carbonyl (C=O) groups excluding carboxylic acids is 4. The van der Waals surface area contributed by atoms with Gasteiger partial charge in [0.1, 0.15) is 31.3 Å². The molecule has 6 rings (SSSR count). The number of nitrogens with one attached hydrogen (secondary N) is 2. The summed E-state index contributed by atoms with van der Waals surface area (Å²) in [5.74, 6) is -1.22. The summed E-state index contributed by atoms with van der Waals surface area (Å²) in [6, 6.07) is 23.4. The van der Waals surface area contributed by atoms with Crippen LogP contribution in [0, 0.1) is 42.4 Å². The highest BCUT2D eigenvalue weighted by molar-refractivity contribution is 7.85. The molecule has 17 heteroatoms. The summed E-state index contributed by atoms with van der Waals surface area (Å²) in [5.41, 5.74) is 8.59. The third-order valence-electron chi connectivity index (χ3n) is 13.3. The summed E-state index contributed by atoms with van der Waals surface area (Å²) in [7, 11) is -4.02. The van der Waals surface area contributed by atoms with Crippen molar-refractivity contribution >= 4 is 45.8 Å². The van der Waals surface area contributed by atoms with E-state index in [1.807, 2.05) is 109 Å². The van der Waals surface area contributed by atoms with Gasteiger partial charge in [0, 0.05) is 11.8 Å². The van der Waals surface area contributed by atoms with Crippen LogP contribution >= 0.6 is 0 Å². The smallest absolute Gasteiger partial charge is 0.328 e. The van der Waals surface area contributed by atoms with Gasteiger partial charge < -0.3 is 36.1 Å². The van der Waals surface area contributed by atoms with Crippen molar-refractivity contribution in [2.75, 3.05) is 0 Å². The summed E-state index contributed by atoms with van der Waals surface area (Å²) in [4.78, 5) is 69.6. The van der Waals surface area contributed by atoms with Crippen LogP contribution in [-0.4, -0.2) is 77.0 Å². The Morgan fingerprint density at radius 3 is 1.24 bits per heavy atom. The molecule has 78 heavy (non-hydrogen) atoms. The van der Waals surface area contributed by atoms with Crippen molar-refractivity contribution in [2.24, 2.45) is 41.2 Å². The Hall–Kier alpha value is -5.65. The second-order valence-corrected chi connectivity index (χ2v) is 23.2. The minimum absolute atomic E-state index is 0. The van der Waals surface area contributed by atoms with E-state index in [0.29, 0.717) is 37.7 Å². The van der Waals surface area contributed by atoms with E-state index >= 15 is 0 Å². The lowest BCUT2D eigenvalue weighted by atomic mass is 9.88. The third kappa shape index (κ3) is 31.1. The average Bonchev–Trinajstić information content (AvgIpc) is 3.40. The number of aryl methyl sites for hydroxylation is 1. The van der Waals surface area contributed by atoms with Gasteiger partial charge >= 0.3 is 23.9 Å². The van der Waals surface area contributed by atoms with Crippen molar-refractivity contribution in [2.45, 2.75) is 208 Å². The van der Waals surface area contributed by atoms with Crippen molar-refractivity contribution in [3.8, 4) is 0 Å². The van der Waals surface area contributed by atoms with Crippen molar-refractivity contribution in [3.05, 3.63) is 102 Å². The number of aliphatic carboxylic acids is 2. The molecule has 3 aliphatic carbocycles. The molecular weight excluding hydrogens is 1010 g/mol. The van der Waals surface area contributed by atoms with Crippen molar-refractivity contribution in [1.82, 2.24) is 10.6 Å². The highest BCUT2D eigenvalue weighted by atomic mass is 32.2. The molecule has 0 heterocycles. The molecular formula is C61H95N3O13S. The molecule has 0 saturated heterocycles. The summed E-state index contributed by atoms with van der Waals surface area (Å²) in [6.45, 7) is 14.5. The van der Waals surface area contributed by atoms with Crippen LogP contribution in [0.4, 0.5) is 0 Å². The van der Waals surface area contributed by atoms with Gasteiger partial charge in [0.15, 0.2) is 0 Å². The van der Waals surface area contributed by atoms with E-state index < -0.39 is 40.2 Å². The maximum atomic E-state index is 12.4. The number of carbonyl (C=O) groups is 6. The molecule has 438 valence electrons. The van der Waals surface area contributed by atoms with Gasteiger partial charge in [-0.1, -0.05) is 185 Å². The first-order valence-electron chi connectivity index (χ1n) is 27.7. The molecule has 16 nitrogen and oxygen atoms in total. The average molecular weight is 1110 g/mol. The van der Waals surface area contributed by atoms with Crippen LogP contribution in [0.25, 0.3) is 0 Å². The van der Waals surface area contributed by atoms with Crippen LogP contribution in [0.3, 0.4) is 0 Å². The van der Waals surface area contributed by atoms with E-state index in [-0.39, 0.29) is 66.4 Å². The monoisotopic (exact) mass is 1110 g/mol. The van der Waals surface area contributed by atoms with E-state index in [1.54, 1.807) is 12.1 Å². The van der Waals surface area contributed by atoms with Gasteiger partial charge in [-0.3, -0.25) is 23.7 Å². The van der Waals surface area contributed by atoms with E-state index in [1.165, 1.54) is 31.4 Å². The first-order chi connectivity index (χ1) is 36.5. The number of carboxylic acids is 2. The lowest BCUT2D eigenvalue weighted by Crippen LogP contribution is -2.45. The van der Waals surface area contributed by atoms with Crippen LogP contribution in [0.1, 0.15) is 181 Å². The molecule has 0 radical (unpaired) electrons. The Kier molecular flexibility index (Phi) is 35.0. The van der Waals surface area contributed by atoms with E-state index in [9.17, 15) is 37.2 Å². The SMILES string of the molecule is C.CC(C)C[C@H](N)C(=O)OCc1ccccc1.CC(C)C[C@H](NC(=O)C1CCCCC1)C(=O)O.CC(C)C[C@H](NC(=O)C1CCCCC1)C(=O)OCc1ccccc1.Cc1ccc(S(=O)(=O)O)cc1.O=C(O)C1CCCCC1. The van der Waals surface area contributed by atoms with Crippen LogP contribution in [0.2, 0.25) is 0 Å². The number of hydrogen-bond donors (Lipinski definition) is 6. The number of rotatable bonds is 19. The molecule has 3 atom stereocenters. The topological polar surface area (TPSA) is 266 Å². The number of hydrogen-bond acceptors (Lipinski definition) is 11. The fourth-order valence-corrected chi connectivity index (χ4v) is 9.50. The molecule has 3 aliphatic rings. The van der Waals surface area contributed by atoms with Crippen molar-refractivity contribution < 1.29 is 61.4 Å². The second kappa shape index (κ2) is 38.8. The third-order valence-corrected chi connectivity index (χ3v) is 14.2. The van der Waals surface area contributed by atoms with Crippen LogP contribution in [-0.2, 0) is 61.6 Å². The number of amides is 2. The van der Waals surface area contributed by atoms with Gasteiger partial charge in [-0.05, 0) is 106 Å². The Morgan fingerprint density at radius 2 is 0.897 bits per heavy atom. The summed E-state index contributed by atoms with van der Waals surface area (Å²) < 4.78 is 40.1. The highest BCUT2D eigenvalue weighted by Crippen LogP contribution is 2.26. The Morgan fingerprint density at radius 1 is 0.538 bits per heavy atom. The predicted molar refractivity (Wildman–Crippen MR) is 305 cm³/mol. The number of esters is 2. The number of benzene rings is 3. The number of carboxylic acid groups (broad SMARTS) is 2. The minimum Gasteiger partial charge on any atom is -0.481 e. The van der Waals surface area contributed by atoms with Crippen LogP contribution in [0.5, 0.6) is 0 Å². The summed E-state index contributed by atoms with van der Waals surface area (Å²) >= 11 is 0. The largest absolute Gasteiger partial charge is 0.481 e. The Labute approximate surface area is 466 Å². The summed E-state index contributed by atoms with van der Waals surface area (Å²) in [6.07, 6.45) is 17.4. The highest BCUT2D eigenvalue weighted by Gasteiger charge is 2.29. The van der Waals surface area contributed by atoms with Crippen LogP contribution < -0.4 is 16.4 Å². The first kappa shape index (κ1) is 70.4. The zero-order chi connectivity index (χ0) is 57.3. The molecule has 3 aromatic carbocycles. The molecule has 0 unspecified atom stereocenters. The zero-order valence-corrected chi connectivity index (χ0v) is 47.6. The molecule has 7 N–H and O–H groups in total. The molecule has 3 fully saturated rings. The Bertz CT molecular complexity index is 2280. The van der Waals surface area contributed by atoms with E-state index in [0.717, 1.165) is 93.7 Å². The van der Waals surface area contributed by atoms with E-state index in [4.69, 9.17) is 30.0 Å². The van der Waals surface area contributed by atoms with Crippen LogP contribution in [0.15, 0.2) is 89.8 Å². The van der Waals surface area contributed by atoms with Gasteiger partial charge in [0.25, 0.3) is 10.1 Å². The van der Waals surface area contributed by atoms with Gasteiger partial charge in [-0.2, -0.15) is 8.42 Å². The molecule has 0 aromatic heterocycles. The standard InChI is InChI=1S/C20H29NO3.C13H23NO3.C13H19NO2.C7H8O3S.C7H12O2.CH4/c1-15(2)13-18(21-19(22)17-11-7-4-8-12-17)20(23)24-14-16-9-5-3-6-10-16;1-9(2)8-11(13(16)17)14-12(15)10-6-4-3-5-7-10;1-10(2)8-12(14)13(15)16-9-11-6-4-3-5-7-11;1-6-2-4-7(5-3-6)11(8,9)10;8-7(9)6-4-2-1-3-5-6;/h3,5-6,9-10,15,17-18H,4,7-8,11-14H2,1-2H3,(H,21,22);9-11H,3-8H2,1-2H3,(H,14,15)(H,16,17);3-7,10,12H,8-9,14H2,1-2H3;2-5H,1H3,(H,8,9,10);6H,1-5H2,(H,8,9);1H4/t18-;11-;12-;;;/m000.../s1. The molecule has 2 amide bonds. The molecule has 3 saturated carbocycles. The van der Waals surface area contributed by atoms with Crippen molar-refractivity contribution in [1.29, 1.82) is 0 Å². The molecule has 0 aliphatic heterocycles. The minimum atomic E-state index is -4.02. The van der Waals surface area contributed by atoms with Gasteiger partial charge in [-0.25, -0.2) is 9.59 Å². The van der Waals surface area contributed by atoms with E-state index in [2.05, 4.69) is 10.6 Å². The molecule has 0 bridgehead atoms. The fourth-order valence-electron chi connectivity index (χ4n) is 9.02. The van der Waals surface area contributed by atoms with Crippen molar-refractivity contribution in [3.63, 3.8) is 0 Å². The quantitative estimate of drug-likeness (QED) is 0.0482. The fraction of sp³-hybridized carbons (Fsp3) is 0.607. The Balaban J connectivity index is 0.000000505. The summed E-state index contributed by atoms with van der Waals surface area (Å²) in [5, 5.41) is 23.2. The first-order valence-corrected chi connectivity index (χ1v) is 29.2. The molecule has 3 aromatic rings. The molecule has 0 spiro atoms. The lowest BCUT2D eigenvalue weighted by molar-refractivity contribution is -0.150. The lowest BCUT2D eigenvalue weighted by Gasteiger charge is -2.25. The number of ether oxygens (including phenoxy) is 2.